The molecule has 3 aromatic carbocycles. The summed E-state index contributed by atoms with van der Waals surface area (Å²) in [6, 6.07) is 21.4. The van der Waals surface area contributed by atoms with Crippen LogP contribution in [0.15, 0.2) is 83.8 Å². The van der Waals surface area contributed by atoms with Crippen molar-refractivity contribution in [3.8, 4) is 0 Å². The van der Waals surface area contributed by atoms with E-state index in [4.69, 9.17) is 11.6 Å². The Morgan fingerprint density at radius 3 is 2.12 bits per heavy atom. The number of carbonyl (C=O) groups excluding carboxylic acids is 1. The summed E-state index contributed by atoms with van der Waals surface area (Å²) in [4.78, 5) is 17.0. The third kappa shape index (κ3) is 5.75. The van der Waals surface area contributed by atoms with Gasteiger partial charge in [-0.15, -0.1) is 0 Å². The summed E-state index contributed by atoms with van der Waals surface area (Å²) >= 11 is 5.93. The van der Waals surface area contributed by atoms with Crippen LogP contribution < -0.4 is 4.90 Å². The van der Waals surface area contributed by atoms with Gasteiger partial charge < -0.3 is 9.80 Å². The van der Waals surface area contributed by atoms with Crippen LogP contribution in [-0.2, 0) is 21.4 Å². The molecule has 9 heteroatoms. The van der Waals surface area contributed by atoms with Gasteiger partial charge in [-0.3, -0.25) is 4.79 Å². The van der Waals surface area contributed by atoms with E-state index >= 15 is 0 Å². The van der Waals surface area contributed by atoms with Crippen molar-refractivity contribution in [2.45, 2.75) is 11.4 Å². The highest BCUT2D eigenvalue weighted by atomic mass is 35.5. The van der Waals surface area contributed by atoms with Gasteiger partial charge in [-0.1, -0.05) is 41.9 Å². The third-order valence-corrected chi connectivity index (χ3v) is 7.85. The quantitative estimate of drug-likeness (QED) is 0.490. The van der Waals surface area contributed by atoms with Gasteiger partial charge in [0.2, 0.25) is 15.9 Å². The number of rotatable bonds is 7. The summed E-state index contributed by atoms with van der Waals surface area (Å²) in [5, 5.41) is 0.434. The summed E-state index contributed by atoms with van der Waals surface area (Å²) in [7, 11) is -3.93. The molecule has 1 aliphatic heterocycles. The van der Waals surface area contributed by atoms with Gasteiger partial charge in [0, 0.05) is 43.4 Å². The second-order valence-electron chi connectivity index (χ2n) is 8.06. The normalized spacial score (nSPS) is 14.4. The van der Waals surface area contributed by atoms with Gasteiger partial charge in [-0.25, -0.2) is 12.8 Å². The molecule has 0 N–H and O–H groups in total. The van der Waals surface area contributed by atoms with Gasteiger partial charge in [0.05, 0.1) is 11.4 Å². The predicted molar refractivity (Wildman–Crippen MR) is 131 cm³/mol. The minimum atomic E-state index is -3.93. The lowest BCUT2D eigenvalue weighted by Gasteiger charge is -2.37. The molecule has 178 valence electrons. The van der Waals surface area contributed by atoms with Crippen molar-refractivity contribution >= 4 is 33.2 Å². The molecule has 4 rings (SSSR count). The van der Waals surface area contributed by atoms with Gasteiger partial charge in [0.15, 0.2) is 0 Å². The van der Waals surface area contributed by atoms with Crippen LogP contribution in [0.1, 0.15) is 5.56 Å². The molecular weight excluding hydrogens is 477 g/mol. The first-order valence-electron chi connectivity index (χ1n) is 10.9. The molecule has 0 radical (unpaired) electrons. The lowest BCUT2D eigenvalue weighted by molar-refractivity contribution is -0.131. The van der Waals surface area contributed by atoms with E-state index in [1.807, 2.05) is 30.3 Å². The average Bonchev–Trinajstić information content (AvgIpc) is 2.85. The molecule has 1 amide bonds. The number of sulfonamides is 1. The van der Waals surface area contributed by atoms with E-state index in [1.165, 1.54) is 40.7 Å². The van der Waals surface area contributed by atoms with Gasteiger partial charge in [0.1, 0.15) is 5.82 Å². The SMILES string of the molecule is O=C(CN(Cc1ccccc1)S(=O)(=O)c1ccc(Cl)cc1)N1CCN(c2ccc(F)cc2)CC1. The molecular formula is C25H25ClFN3O3S. The average molecular weight is 502 g/mol. The number of carbonyl (C=O) groups is 1. The molecule has 1 heterocycles. The van der Waals surface area contributed by atoms with Gasteiger partial charge in [-0.05, 0) is 54.1 Å². The monoisotopic (exact) mass is 501 g/mol. The van der Waals surface area contributed by atoms with Gasteiger partial charge in [-0.2, -0.15) is 4.31 Å². The fourth-order valence-corrected chi connectivity index (χ4v) is 5.39. The maximum Gasteiger partial charge on any atom is 0.243 e. The topological polar surface area (TPSA) is 60.9 Å². The van der Waals surface area contributed by atoms with Crippen LogP contribution in [0.3, 0.4) is 0 Å². The van der Waals surface area contributed by atoms with Crippen molar-refractivity contribution in [2.24, 2.45) is 0 Å². The van der Waals surface area contributed by atoms with Crippen LogP contribution >= 0.6 is 11.6 Å². The zero-order chi connectivity index (χ0) is 24.1. The smallest absolute Gasteiger partial charge is 0.243 e. The first-order valence-corrected chi connectivity index (χ1v) is 12.7. The highest BCUT2D eigenvalue weighted by Crippen LogP contribution is 2.22. The third-order valence-electron chi connectivity index (χ3n) is 5.79. The summed E-state index contributed by atoms with van der Waals surface area (Å²) in [6.07, 6.45) is 0. The summed E-state index contributed by atoms with van der Waals surface area (Å²) in [5.74, 6) is -0.551. The van der Waals surface area contributed by atoms with Crippen molar-refractivity contribution in [1.29, 1.82) is 0 Å². The van der Waals surface area contributed by atoms with Crippen LogP contribution in [0.5, 0.6) is 0 Å². The Labute approximate surface area is 204 Å². The second kappa shape index (κ2) is 10.5. The molecule has 0 saturated carbocycles. The summed E-state index contributed by atoms with van der Waals surface area (Å²) < 4.78 is 41.2. The molecule has 0 unspecified atom stereocenters. The Hall–Kier alpha value is -2.94. The Bertz CT molecular complexity index is 1210. The molecule has 0 aliphatic carbocycles. The molecule has 1 aliphatic rings. The Morgan fingerprint density at radius 2 is 1.50 bits per heavy atom. The number of nitrogens with zero attached hydrogens (tertiary/aromatic N) is 3. The Balaban J connectivity index is 1.48. The zero-order valence-corrected chi connectivity index (χ0v) is 20.1. The number of hydrogen-bond donors (Lipinski definition) is 0. The van der Waals surface area contributed by atoms with Crippen LogP contribution in [0.2, 0.25) is 5.02 Å². The molecule has 1 saturated heterocycles. The fraction of sp³-hybridized carbons (Fsp3) is 0.240. The van der Waals surface area contributed by atoms with Crippen molar-refractivity contribution in [3.63, 3.8) is 0 Å². The Morgan fingerprint density at radius 1 is 0.882 bits per heavy atom. The summed E-state index contributed by atoms with van der Waals surface area (Å²) in [5.41, 5.74) is 1.68. The molecule has 6 nitrogen and oxygen atoms in total. The second-order valence-corrected chi connectivity index (χ2v) is 10.4. The van der Waals surface area contributed by atoms with Crippen molar-refractivity contribution in [1.82, 2.24) is 9.21 Å². The van der Waals surface area contributed by atoms with Gasteiger partial charge >= 0.3 is 0 Å². The highest BCUT2D eigenvalue weighted by Gasteiger charge is 2.30. The van der Waals surface area contributed by atoms with E-state index in [-0.39, 0.29) is 29.7 Å². The molecule has 0 aromatic heterocycles. The van der Waals surface area contributed by atoms with Gasteiger partial charge in [0.25, 0.3) is 0 Å². The van der Waals surface area contributed by atoms with Crippen LogP contribution in [0.25, 0.3) is 0 Å². The molecule has 0 bridgehead atoms. The largest absolute Gasteiger partial charge is 0.368 e. The summed E-state index contributed by atoms with van der Waals surface area (Å²) in [6.45, 7) is 1.89. The van der Waals surface area contributed by atoms with E-state index in [0.717, 1.165) is 11.3 Å². The maximum atomic E-state index is 13.4. The highest BCUT2D eigenvalue weighted by molar-refractivity contribution is 7.89. The fourth-order valence-electron chi connectivity index (χ4n) is 3.89. The van der Waals surface area contributed by atoms with Crippen molar-refractivity contribution < 1.29 is 17.6 Å². The molecule has 0 spiro atoms. The lowest BCUT2D eigenvalue weighted by Crippen LogP contribution is -2.51. The van der Waals surface area contributed by atoms with E-state index < -0.39 is 10.0 Å². The number of halogens is 2. The zero-order valence-electron chi connectivity index (χ0n) is 18.5. The molecule has 1 fully saturated rings. The molecule has 3 aromatic rings. The predicted octanol–water partition coefficient (Wildman–Crippen LogP) is 4.02. The first-order chi connectivity index (χ1) is 16.3. The number of amides is 1. The van der Waals surface area contributed by atoms with Crippen molar-refractivity contribution in [3.05, 3.63) is 95.3 Å². The molecule has 34 heavy (non-hydrogen) atoms. The van der Waals surface area contributed by atoms with E-state index in [2.05, 4.69) is 4.90 Å². The van der Waals surface area contributed by atoms with Crippen LogP contribution in [0.4, 0.5) is 10.1 Å². The Kier molecular flexibility index (Phi) is 7.50. The minimum absolute atomic E-state index is 0.0765. The van der Waals surface area contributed by atoms with E-state index in [9.17, 15) is 17.6 Å². The van der Waals surface area contributed by atoms with E-state index in [0.29, 0.717) is 31.2 Å². The lowest BCUT2D eigenvalue weighted by atomic mass is 10.2. The number of piperazine rings is 1. The number of hydrogen-bond acceptors (Lipinski definition) is 4. The maximum absolute atomic E-state index is 13.4. The molecule has 0 atom stereocenters. The number of anilines is 1. The minimum Gasteiger partial charge on any atom is -0.368 e. The van der Waals surface area contributed by atoms with Crippen molar-refractivity contribution in [2.75, 3.05) is 37.6 Å². The van der Waals surface area contributed by atoms with Crippen LogP contribution in [-0.4, -0.2) is 56.3 Å². The number of benzene rings is 3. The van der Waals surface area contributed by atoms with E-state index in [1.54, 1.807) is 17.0 Å². The standard InChI is InChI=1S/C25H25ClFN3O3S/c26-21-6-12-24(13-7-21)34(32,33)30(18-20-4-2-1-3-5-20)19-25(31)29-16-14-28(15-17-29)23-10-8-22(27)9-11-23/h1-13H,14-19H2. The van der Waals surface area contributed by atoms with Crippen LogP contribution in [0, 0.1) is 5.82 Å². The first kappa shape index (κ1) is 24.2.